The summed E-state index contributed by atoms with van der Waals surface area (Å²) in [5.41, 5.74) is 1.50. The van der Waals surface area contributed by atoms with E-state index in [0.717, 1.165) is 5.39 Å². The number of carbonyl (C=O) groups is 2. The van der Waals surface area contributed by atoms with E-state index in [-0.39, 0.29) is 12.1 Å². The molecule has 0 saturated heterocycles. The van der Waals surface area contributed by atoms with E-state index in [4.69, 9.17) is 11.6 Å². The van der Waals surface area contributed by atoms with Gasteiger partial charge >= 0.3 is 5.97 Å². The van der Waals surface area contributed by atoms with Gasteiger partial charge in [0.1, 0.15) is 11.7 Å². The largest absolute Gasteiger partial charge is 0.480 e. The van der Waals surface area contributed by atoms with Gasteiger partial charge in [-0.25, -0.2) is 9.78 Å². The van der Waals surface area contributed by atoms with Crippen LogP contribution in [0.4, 0.5) is 0 Å². The number of aromatic nitrogens is 1. The predicted octanol–water partition coefficient (Wildman–Crippen LogP) is 3.31. The van der Waals surface area contributed by atoms with Crippen LogP contribution < -0.4 is 5.32 Å². The van der Waals surface area contributed by atoms with Gasteiger partial charge < -0.3 is 10.4 Å². The molecule has 3 aromatic rings. The summed E-state index contributed by atoms with van der Waals surface area (Å²) in [6.45, 7) is 0. The highest BCUT2D eigenvalue weighted by molar-refractivity contribution is 6.31. The number of aliphatic carboxylic acids is 1. The Morgan fingerprint density at radius 2 is 1.76 bits per heavy atom. The molecular formula is C19H15ClN2O3. The van der Waals surface area contributed by atoms with Gasteiger partial charge in [-0.1, -0.05) is 54.1 Å². The monoisotopic (exact) mass is 354 g/mol. The molecule has 126 valence electrons. The lowest BCUT2D eigenvalue weighted by Crippen LogP contribution is -2.42. The standard InChI is InChI=1S/C19H15ClN2O3/c20-14-7-3-1-6-13(14)11-17(19(24)25)22-18(23)16-10-9-12-5-2-4-8-15(12)21-16/h1-10,17H,11H2,(H,22,23)(H,24,25)/t17-/m1/s1. The summed E-state index contributed by atoms with van der Waals surface area (Å²) >= 11 is 6.07. The van der Waals surface area contributed by atoms with Gasteiger partial charge in [0.15, 0.2) is 0 Å². The van der Waals surface area contributed by atoms with Crippen molar-refractivity contribution in [1.29, 1.82) is 0 Å². The van der Waals surface area contributed by atoms with Crippen LogP contribution in [-0.4, -0.2) is 28.0 Å². The minimum Gasteiger partial charge on any atom is -0.480 e. The minimum atomic E-state index is -1.13. The van der Waals surface area contributed by atoms with Crippen molar-refractivity contribution in [1.82, 2.24) is 10.3 Å². The first-order valence-corrected chi connectivity index (χ1v) is 8.05. The van der Waals surface area contributed by atoms with Crippen LogP contribution in [0.1, 0.15) is 16.1 Å². The van der Waals surface area contributed by atoms with Crippen LogP contribution in [0.5, 0.6) is 0 Å². The third-order valence-electron chi connectivity index (χ3n) is 3.82. The van der Waals surface area contributed by atoms with Crippen LogP contribution in [0.2, 0.25) is 5.02 Å². The first-order chi connectivity index (χ1) is 12.0. The first-order valence-electron chi connectivity index (χ1n) is 7.67. The number of benzene rings is 2. The number of carbonyl (C=O) groups excluding carboxylic acids is 1. The highest BCUT2D eigenvalue weighted by Gasteiger charge is 2.22. The van der Waals surface area contributed by atoms with E-state index in [0.29, 0.717) is 16.1 Å². The fraction of sp³-hybridized carbons (Fsp3) is 0.105. The zero-order chi connectivity index (χ0) is 17.8. The number of rotatable bonds is 5. The van der Waals surface area contributed by atoms with Crippen LogP contribution >= 0.6 is 11.6 Å². The lowest BCUT2D eigenvalue weighted by Gasteiger charge is -2.15. The average molecular weight is 355 g/mol. The van der Waals surface area contributed by atoms with E-state index >= 15 is 0 Å². The van der Waals surface area contributed by atoms with Crippen LogP contribution in [0.25, 0.3) is 10.9 Å². The average Bonchev–Trinajstić information content (AvgIpc) is 2.62. The molecule has 0 aliphatic carbocycles. The number of nitrogens with one attached hydrogen (secondary N) is 1. The van der Waals surface area contributed by atoms with Crippen molar-refractivity contribution in [2.45, 2.75) is 12.5 Å². The molecule has 3 rings (SSSR count). The fourth-order valence-corrected chi connectivity index (χ4v) is 2.72. The Balaban J connectivity index is 1.80. The number of halogens is 1. The van der Waals surface area contributed by atoms with Gasteiger partial charge in [0.2, 0.25) is 0 Å². The van der Waals surface area contributed by atoms with E-state index in [9.17, 15) is 14.7 Å². The summed E-state index contributed by atoms with van der Waals surface area (Å²) in [7, 11) is 0. The number of carboxylic acids is 1. The van der Waals surface area contributed by atoms with Crippen LogP contribution in [0, 0.1) is 0 Å². The fourth-order valence-electron chi connectivity index (χ4n) is 2.51. The molecule has 25 heavy (non-hydrogen) atoms. The van der Waals surface area contributed by atoms with Gasteiger partial charge in [0.25, 0.3) is 5.91 Å². The maximum Gasteiger partial charge on any atom is 0.326 e. The molecule has 0 radical (unpaired) electrons. The summed E-state index contributed by atoms with van der Waals surface area (Å²) in [6.07, 6.45) is 0.0916. The van der Waals surface area contributed by atoms with E-state index in [1.54, 1.807) is 42.5 Å². The number of pyridine rings is 1. The molecule has 5 nitrogen and oxygen atoms in total. The van der Waals surface area contributed by atoms with E-state index in [1.807, 2.05) is 18.2 Å². The van der Waals surface area contributed by atoms with Gasteiger partial charge in [-0.05, 0) is 23.8 Å². The molecule has 0 aliphatic rings. The Bertz CT molecular complexity index is 943. The molecule has 0 unspecified atom stereocenters. The van der Waals surface area contributed by atoms with Crippen molar-refractivity contribution in [3.8, 4) is 0 Å². The minimum absolute atomic E-state index is 0.0916. The maximum atomic E-state index is 12.4. The van der Waals surface area contributed by atoms with Gasteiger partial charge in [0.05, 0.1) is 5.52 Å². The Morgan fingerprint density at radius 3 is 2.52 bits per heavy atom. The highest BCUT2D eigenvalue weighted by atomic mass is 35.5. The van der Waals surface area contributed by atoms with Crippen molar-refractivity contribution in [3.05, 3.63) is 76.9 Å². The Labute approximate surface area is 149 Å². The predicted molar refractivity (Wildman–Crippen MR) is 95.8 cm³/mol. The second-order valence-corrected chi connectivity index (χ2v) is 5.96. The molecule has 0 fully saturated rings. The molecule has 1 aromatic heterocycles. The lowest BCUT2D eigenvalue weighted by atomic mass is 10.1. The third kappa shape index (κ3) is 3.95. The van der Waals surface area contributed by atoms with Gasteiger partial charge in [-0.2, -0.15) is 0 Å². The van der Waals surface area contributed by atoms with E-state index in [1.165, 1.54) is 0 Å². The van der Waals surface area contributed by atoms with E-state index in [2.05, 4.69) is 10.3 Å². The molecule has 1 atom stereocenters. The number of carboxylic acid groups (broad SMARTS) is 1. The van der Waals surface area contributed by atoms with Crippen molar-refractivity contribution < 1.29 is 14.7 Å². The maximum absolute atomic E-state index is 12.4. The molecule has 1 heterocycles. The molecule has 2 N–H and O–H groups in total. The second-order valence-electron chi connectivity index (χ2n) is 5.55. The second kappa shape index (κ2) is 7.32. The number of fused-ring (bicyclic) bond motifs is 1. The van der Waals surface area contributed by atoms with Crippen molar-refractivity contribution in [3.63, 3.8) is 0 Å². The quantitative estimate of drug-likeness (QED) is 0.736. The number of hydrogen-bond donors (Lipinski definition) is 2. The Morgan fingerprint density at radius 1 is 1.04 bits per heavy atom. The molecule has 2 aromatic carbocycles. The summed E-state index contributed by atoms with van der Waals surface area (Å²) < 4.78 is 0. The molecule has 0 saturated carbocycles. The van der Waals surface area contributed by atoms with E-state index < -0.39 is 17.9 Å². The molecule has 6 heteroatoms. The topological polar surface area (TPSA) is 79.3 Å². The zero-order valence-electron chi connectivity index (χ0n) is 13.1. The van der Waals surface area contributed by atoms with Crippen molar-refractivity contribution in [2.24, 2.45) is 0 Å². The molecule has 0 spiro atoms. The van der Waals surface area contributed by atoms with Crippen molar-refractivity contribution in [2.75, 3.05) is 0 Å². The first kappa shape index (κ1) is 16.9. The van der Waals surface area contributed by atoms with Crippen LogP contribution in [0.15, 0.2) is 60.7 Å². The SMILES string of the molecule is O=C(N[C@H](Cc1ccccc1Cl)C(=O)O)c1ccc2ccccc2n1. The Hall–Kier alpha value is -2.92. The highest BCUT2D eigenvalue weighted by Crippen LogP contribution is 2.17. The van der Waals surface area contributed by atoms with Crippen LogP contribution in [0.3, 0.4) is 0 Å². The smallest absolute Gasteiger partial charge is 0.326 e. The summed E-state index contributed by atoms with van der Waals surface area (Å²) in [5.74, 6) is -1.67. The van der Waals surface area contributed by atoms with Gasteiger partial charge in [0, 0.05) is 16.8 Å². The molecular weight excluding hydrogens is 340 g/mol. The summed E-state index contributed by atoms with van der Waals surface area (Å²) in [6, 6.07) is 16.6. The Kier molecular flexibility index (Phi) is 4.95. The third-order valence-corrected chi connectivity index (χ3v) is 4.19. The molecule has 1 amide bonds. The number of amides is 1. The van der Waals surface area contributed by atoms with Gasteiger partial charge in [-0.15, -0.1) is 0 Å². The normalized spacial score (nSPS) is 11.9. The number of nitrogens with zero attached hydrogens (tertiary/aromatic N) is 1. The summed E-state index contributed by atoms with van der Waals surface area (Å²) in [4.78, 5) is 28.2. The van der Waals surface area contributed by atoms with Gasteiger partial charge in [-0.3, -0.25) is 4.79 Å². The number of hydrogen-bond acceptors (Lipinski definition) is 3. The van der Waals surface area contributed by atoms with Crippen LogP contribution in [-0.2, 0) is 11.2 Å². The summed E-state index contributed by atoms with van der Waals surface area (Å²) in [5, 5.41) is 13.3. The molecule has 0 aliphatic heterocycles. The zero-order valence-corrected chi connectivity index (χ0v) is 13.9. The molecule has 0 bridgehead atoms. The number of para-hydroxylation sites is 1. The van der Waals surface area contributed by atoms with Crippen molar-refractivity contribution >= 4 is 34.4 Å². The lowest BCUT2D eigenvalue weighted by molar-refractivity contribution is -0.139.